The Bertz CT molecular complexity index is 291. The SMILES string of the molecule is CCCCNC(=O)NCCCCOC(=O)C(C)(C)CC. The van der Waals surface area contributed by atoms with Gasteiger partial charge in [0, 0.05) is 13.1 Å². The summed E-state index contributed by atoms with van der Waals surface area (Å²) in [6.07, 6.45) is 4.41. The number of carbonyl (C=O) groups is 2. The number of carbonyl (C=O) groups excluding carboxylic acids is 2. The molecule has 0 aromatic rings. The molecule has 0 aromatic carbocycles. The van der Waals surface area contributed by atoms with Crippen molar-refractivity contribution in [1.29, 1.82) is 0 Å². The van der Waals surface area contributed by atoms with E-state index in [1.165, 1.54) is 0 Å². The van der Waals surface area contributed by atoms with E-state index in [1.54, 1.807) is 0 Å². The van der Waals surface area contributed by atoms with E-state index < -0.39 is 5.41 Å². The zero-order chi connectivity index (χ0) is 15.4. The number of hydrogen-bond acceptors (Lipinski definition) is 3. The molecule has 0 aromatic heterocycles. The fraction of sp³-hybridized carbons (Fsp3) is 0.867. The Kier molecular flexibility index (Phi) is 9.86. The first kappa shape index (κ1) is 18.7. The molecule has 0 aliphatic carbocycles. The van der Waals surface area contributed by atoms with E-state index in [0.717, 1.165) is 32.1 Å². The summed E-state index contributed by atoms with van der Waals surface area (Å²) in [4.78, 5) is 23.0. The lowest BCUT2D eigenvalue weighted by Crippen LogP contribution is -2.36. The number of nitrogens with one attached hydrogen (secondary N) is 2. The second-order valence-corrected chi connectivity index (χ2v) is 5.62. The normalized spacial score (nSPS) is 11.0. The van der Waals surface area contributed by atoms with Gasteiger partial charge in [0.15, 0.2) is 0 Å². The number of unbranched alkanes of at least 4 members (excludes halogenated alkanes) is 2. The summed E-state index contributed by atoms with van der Waals surface area (Å²) in [5.74, 6) is -0.148. The van der Waals surface area contributed by atoms with Crippen LogP contribution in [-0.4, -0.2) is 31.7 Å². The molecule has 0 fully saturated rings. The lowest BCUT2D eigenvalue weighted by atomic mass is 9.91. The highest BCUT2D eigenvalue weighted by Crippen LogP contribution is 2.21. The van der Waals surface area contributed by atoms with Crippen LogP contribution < -0.4 is 10.6 Å². The van der Waals surface area contributed by atoms with Gasteiger partial charge in [-0.15, -0.1) is 0 Å². The quantitative estimate of drug-likeness (QED) is 0.479. The van der Waals surface area contributed by atoms with Crippen LogP contribution in [0.15, 0.2) is 0 Å². The summed E-state index contributed by atoms with van der Waals surface area (Å²) < 4.78 is 5.22. The van der Waals surface area contributed by atoms with E-state index in [0.29, 0.717) is 19.7 Å². The van der Waals surface area contributed by atoms with E-state index >= 15 is 0 Å². The molecule has 0 spiro atoms. The molecule has 0 aliphatic rings. The maximum Gasteiger partial charge on any atom is 0.314 e. The highest BCUT2D eigenvalue weighted by Gasteiger charge is 2.26. The number of rotatable bonds is 10. The van der Waals surface area contributed by atoms with Crippen molar-refractivity contribution < 1.29 is 14.3 Å². The third kappa shape index (κ3) is 8.77. The molecule has 118 valence electrons. The van der Waals surface area contributed by atoms with Gasteiger partial charge in [-0.3, -0.25) is 4.79 Å². The Labute approximate surface area is 122 Å². The fourth-order valence-corrected chi connectivity index (χ4v) is 1.37. The monoisotopic (exact) mass is 286 g/mol. The van der Waals surface area contributed by atoms with Gasteiger partial charge in [-0.05, 0) is 39.5 Å². The molecule has 0 rings (SSSR count). The van der Waals surface area contributed by atoms with Crippen molar-refractivity contribution in [3.05, 3.63) is 0 Å². The molecule has 0 radical (unpaired) electrons. The molecule has 5 heteroatoms. The van der Waals surface area contributed by atoms with Crippen molar-refractivity contribution in [1.82, 2.24) is 10.6 Å². The van der Waals surface area contributed by atoms with Crippen LogP contribution in [0.1, 0.15) is 59.8 Å². The standard InChI is InChI=1S/C15H30N2O3/c1-5-7-10-16-14(19)17-11-8-9-12-20-13(18)15(3,4)6-2/h5-12H2,1-4H3,(H2,16,17,19). The summed E-state index contributed by atoms with van der Waals surface area (Å²) in [6, 6.07) is -0.123. The van der Waals surface area contributed by atoms with E-state index in [2.05, 4.69) is 17.6 Å². The highest BCUT2D eigenvalue weighted by atomic mass is 16.5. The predicted octanol–water partition coefficient (Wildman–Crippen LogP) is 2.85. The van der Waals surface area contributed by atoms with Crippen LogP contribution in [0.5, 0.6) is 0 Å². The molecule has 0 saturated carbocycles. The minimum Gasteiger partial charge on any atom is -0.465 e. The van der Waals surface area contributed by atoms with Crippen LogP contribution in [0.3, 0.4) is 0 Å². The molecule has 0 bridgehead atoms. The Morgan fingerprint density at radius 2 is 1.60 bits per heavy atom. The Morgan fingerprint density at radius 3 is 2.15 bits per heavy atom. The number of ether oxygens (including phenoxy) is 1. The average Bonchev–Trinajstić information content (AvgIpc) is 2.42. The third-order valence-corrected chi connectivity index (χ3v) is 3.34. The van der Waals surface area contributed by atoms with Crippen molar-refractivity contribution in [3.63, 3.8) is 0 Å². The van der Waals surface area contributed by atoms with Gasteiger partial charge in [0.1, 0.15) is 0 Å². The van der Waals surface area contributed by atoms with Gasteiger partial charge in [-0.25, -0.2) is 4.79 Å². The van der Waals surface area contributed by atoms with Crippen LogP contribution in [0, 0.1) is 5.41 Å². The first-order chi connectivity index (χ1) is 9.44. The molecule has 20 heavy (non-hydrogen) atoms. The molecule has 0 heterocycles. The Balaban J connectivity index is 3.49. The van der Waals surface area contributed by atoms with E-state index in [4.69, 9.17) is 4.74 Å². The van der Waals surface area contributed by atoms with Crippen LogP contribution in [0.2, 0.25) is 0 Å². The van der Waals surface area contributed by atoms with Gasteiger partial charge >= 0.3 is 12.0 Å². The van der Waals surface area contributed by atoms with Crippen molar-refractivity contribution in [2.45, 2.75) is 59.8 Å². The minimum absolute atomic E-state index is 0.123. The zero-order valence-corrected chi connectivity index (χ0v) is 13.4. The smallest absolute Gasteiger partial charge is 0.314 e. The van der Waals surface area contributed by atoms with Crippen molar-refractivity contribution in [2.75, 3.05) is 19.7 Å². The molecule has 0 unspecified atom stereocenters. The van der Waals surface area contributed by atoms with Crippen LogP contribution >= 0.6 is 0 Å². The average molecular weight is 286 g/mol. The zero-order valence-electron chi connectivity index (χ0n) is 13.4. The Hall–Kier alpha value is -1.26. The van der Waals surface area contributed by atoms with Crippen LogP contribution in [0.4, 0.5) is 4.79 Å². The summed E-state index contributed by atoms with van der Waals surface area (Å²) in [5.41, 5.74) is -0.405. The Morgan fingerprint density at radius 1 is 1.00 bits per heavy atom. The topological polar surface area (TPSA) is 67.4 Å². The molecule has 0 saturated heterocycles. The summed E-state index contributed by atoms with van der Waals surface area (Å²) in [6.45, 7) is 9.57. The summed E-state index contributed by atoms with van der Waals surface area (Å²) in [7, 11) is 0. The number of hydrogen-bond donors (Lipinski definition) is 2. The molecule has 0 atom stereocenters. The molecule has 2 amide bonds. The minimum atomic E-state index is -0.405. The lowest BCUT2D eigenvalue weighted by Gasteiger charge is -2.20. The maximum absolute atomic E-state index is 11.7. The summed E-state index contributed by atoms with van der Waals surface area (Å²) in [5, 5.41) is 5.57. The fourth-order valence-electron chi connectivity index (χ4n) is 1.37. The largest absolute Gasteiger partial charge is 0.465 e. The molecular weight excluding hydrogens is 256 g/mol. The molecule has 5 nitrogen and oxygen atoms in total. The summed E-state index contributed by atoms with van der Waals surface area (Å²) >= 11 is 0. The van der Waals surface area contributed by atoms with Gasteiger partial charge in [0.25, 0.3) is 0 Å². The number of amides is 2. The van der Waals surface area contributed by atoms with Gasteiger partial charge in [0.05, 0.1) is 12.0 Å². The van der Waals surface area contributed by atoms with Gasteiger partial charge in [-0.1, -0.05) is 20.3 Å². The highest BCUT2D eigenvalue weighted by molar-refractivity contribution is 5.75. The molecular formula is C15H30N2O3. The van der Waals surface area contributed by atoms with Crippen molar-refractivity contribution >= 4 is 12.0 Å². The maximum atomic E-state index is 11.7. The first-order valence-electron chi connectivity index (χ1n) is 7.63. The van der Waals surface area contributed by atoms with Gasteiger partial charge in [0.2, 0.25) is 0 Å². The van der Waals surface area contributed by atoms with Gasteiger partial charge in [-0.2, -0.15) is 0 Å². The van der Waals surface area contributed by atoms with Crippen molar-refractivity contribution in [2.24, 2.45) is 5.41 Å². The predicted molar refractivity (Wildman–Crippen MR) is 80.6 cm³/mol. The van der Waals surface area contributed by atoms with E-state index in [-0.39, 0.29) is 12.0 Å². The second-order valence-electron chi connectivity index (χ2n) is 5.62. The number of esters is 1. The van der Waals surface area contributed by atoms with Crippen LogP contribution in [-0.2, 0) is 9.53 Å². The van der Waals surface area contributed by atoms with Gasteiger partial charge < -0.3 is 15.4 Å². The van der Waals surface area contributed by atoms with E-state index in [1.807, 2.05) is 20.8 Å². The van der Waals surface area contributed by atoms with Crippen LogP contribution in [0.25, 0.3) is 0 Å². The molecule has 0 aliphatic heterocycles. The second kappa shape index (κ2) is 10.5. The number of urea groups is 1. The van der Waals surface area contributed by atoms with Crippen molar-refractivity contribution in [3.8, 4) is 0 Å². The van der Waals surface area contributed by atoms with E-state index in [9.17, 15) is 9.59 Å². The third-order valence-electron chi connectivity index (χ3n) is 3.34. The lowest BCUT2D eigenvalue weighted by molar-refractivity contribution is -0.154. The first-order valence-corrected chi connectivity index (χ1v) is 7.63. The molecule has 2 N–H and O–H groups in total.